The highest BCUT2D eigenvalue weighted by Crippen LogP contribution is 2.61. The van der Waals surface area contributed by atoms with E-state index in [1.807, 2.05) is 0 Å². The molecule has 1 atom stereocenters. The van der Waals surface area contributed by atoms with Gasteiger partial charge in [0.2, 0.25) is 0 Å². The first-order chi connectivity index (χ1) is 13.7. The number of amides is 1. The second-order valence-electron chi connectivity index (χ2n) is 8.72. The quantitative estimate of drug-likeness (QED) is 0.559. The molecule has 4 fully saturated rings. The fourth-order valence-corrected chi connectivity index (χ4v) is 6.18. The van der Waals surface area contributed by atoms with Crippen molar-refractivity contribution in [3.63, 3.8) is 0 Å². The van der Waals surface area contributed by atoms with Crippen LogP contribution in [0.1, 0.15) is 48.9 Å². The van der Waals surface area contributed by atoms with E-state index in [-0.39, 0.29) is 0 Å². The minimum Gasteiger partial charge on any atom is -0.548 e. The number of aliphatic carboxylic acids is 1. The predicted molar refractivity (Wildman–Crippen MR) is 96.6 cm³/mol. The van der Waals surface area contributed by atoms with Gasteiger partial charge in [0.1, 0.15) is 5.56 Å². The molecule has 0 heterocycles. The van der Waals surface area contributed by atoms with Crippen LogP contribution in [-0.4, -0.2) is 27.8 Å². The lowest BCUT2D eigenvalue weighted by Crippen LogP contribution is -2.62. The summed E-state index contributed by atoms with van der Waals surface area (Å²) in [5, 5.41) is 36.7. The van der Waals surface area contributed by atoms with Crippen molar-refractivity contribution >= 4 is 23.3 Å². The van der Waals surface area contributed by atoms with Crippen LogP contribution < -0.4 is 10.4 Å². The Morgan fingerprint density at radius 2 is 1.55 bits per heavy atom. The number of carbonyl (C=O) groups excluding carboxylic acids is 2. The maximum Gasteiger partial charge on any atom is 0.289 e. The molecule has 154 valence electrons. The van der Waals surface area contributed by atoms with Gasteiger partial charge in [0.15, 0.2) is 0 Å². The van der Waals surface area contributed by atoms with Crippen LogP contribution in [0.15, 0.2) is 18.2 Å². The third kappa shape index (κ3) is 3.32. The second-order valence-corrected chi connectivity index (χ2v) is 8.72. The van der Waals surface area contributed by atoms with Crippen LogP contribution in [-0.2, 0) is 4.79 Å². The highest BCUT2D eigenvalue weighted by molar-refractivity contribution is 6.00. The van der Waals surface area contributed by atoms with Crippen molar-refractivity contribution in [2.45, 2.75) is 44.6 Å². The lowest BCUT2D eigenvalue weighted by molar-refractivity contribution is -0.394. The average molecular weight is 402 g/mol. The predicted octanol–water partition coefficient (Wildman–Crippen LogP) is 1.57. The zero-order valence-electron chi connectivity index (χ0n) is 15.5. The summed E-state index contributed by atoms with van der Waals surface area (Å²) in [5.41, 5.74) is -2.26. The number of non-ortho nitro benzene ring substituents is 1. The monoisotopic (exact) mass is 402 g/mol. The number of nitrogens with zero attached hydrogens (tertiary/aromatic N) is 2. The van der Waals surface area contributed by atoms with Crippen molar-refractivity contribution in [3.05, 3.63) is 44.0 Å². The van der Waals surface area contributed by atoms with E-state index in [0.717, 1.165) is 31.4 Å². The second kappa shape index (κ2) is 6.78. The normalized spacial score (nSPS) is 30.6. The Morgan fingerprint density at radius 3 is 2.00 bits per heavy atom. The molecule has 10 heteroatoms. The Bertz CT molecular complexity index is 878. The molecule has 0 unspecified atom stereocenters. The van der Waals surface area contributed by atoms with E-state index in [9.17, 15) is 34.9 Å². The molecule has 4 aliphatic carbocycles. The molecule has 10 nitrogen and oxygen atoms in total. The molecule has 4 aliphatic rings. The third-order valence-electron chi connectivity index (χ3n) is 6.84. The molecule has 5 rings (SSSR count). The van der Waals surface area contributed by atoms with Gasteiger partial charge in [-0.05, 0) is 67.8 Å². The van der Waals surface area contributed by atoms with E-state index in [4.69, 9.17) is 0 Å². The van der Waals surface area contributed by atoms with Crippen LogP contribution in [0, 0.1) is 43.4 Å². The fraction of sp³-hybridized carbons (Fsp3) is 0.579. The molecule has 0 radical (unpaired) electrons. The third-order valence-corrected chi connectivity index (χ3v) is 6.84. The largest absolute Gasteiger partial charge is 0.548 e. The van der Waals surface area contributed by atoms with Crippen molar-refractivity contribution in [2.75, 3.05) is 0 Å². The number of nitro benzene ring substituents is 2. The summed E-state index contributed by atoms with van der Waals surface area (Å²) >= 11 is 0. The Kier molecular flexibility index (Phi) is 4.51. The number of hydrogen-bond donors (Lipinski definition) is 1. The van der Waals surface area contributed by atoms with Gasteiger partial charge in [-0.15, -0.1) is 0 Å². The molecule has 0 aromatic heterocycles. The zero-order valence-corrected chi connectivity index (χ0v) is 15.5. The van der Waals surface area contributed by atoms with Crippen LogP contribution in [0.25, 0.3) is 0 Å². The Labute approximate surface area is 165 Å². The van der Waals surface area contributed by atoms with Gasteiger partial charge in [0.05, 0.1) is 27.9 Å². The summed E-state index contributed by atoms with van der Waals surface area (Å²) in [6, 6.07) is 1.42. The van der Waals surface area contributed by atoms with Gasteiger partial charge >= 0.3 is 0 Å². The van der Waals surface area contributed by atoms with Crippen molar-refractivity contribution in [2.24, 2.45) is 23.2 Å². The van der Waals surface area contributed by atoms with Crippen LogP contribution in [0.3, 0.4) is 0 Å². The number of nitro groups is 2. The van der Waals surface area contributed by atoms with Gasteiger partial charge in [-0.1, -0.05) is 0 Å². The molecule has 0 spiro atoms. The SMILES string of the molecule is O=C(N[C@@H](C(=O)[O-])C12CC3CC(CC(C3)C1)C2)c1ccc([N+](=O)[O-])cc1[N+](=O)[O-]. The molecule has 1 aromatic rings. The molecule has 1 amide bonds. The van der Waals surface area contributed by atoms with Gasteiger partial charge in [-0.2, -0.15) is 0 Å². The van der Waals surface area contributed by atoms with E-state index in [1.54, 1.807) is 0 Å². The number of rotatable bonds is 6. The Hall–Kier alpha value is -3.04. The highest BCUT2D eigenvalue weighted by atomic mass is 16.6. The highest BCUT2D eigenvalue weighted by Gasteiger charge is 2.55. The Morgan fingerprint density at radius 1 is 1.00 bits per heavy atom. The van der Waals surface area contributed by atoms with Gasteiger partial charge in [0.25, 0.3) is 17.3 Å². The van der Waals surface area contributed by atoms with Crippen LogP contribution in [0.2, 0.25) is 0 Å². The summed E-state index contributed by atoms with van der Waals surface area (Å²) in [6.45, 7) is 0. The van der Waals surface area contributed by atoms with Crippen molar-refractivity contribution < 1.29 is 24.5 Å². The number of hydrogen-bond acceptors (Lipinski definition) is 7. The average Bonchev–Trinajstić information content (AvgIpc) is 2.63. The summed E-state index contributed by atoms with van der Waals surface area (Å²) in [6.07, 6.45) is 5.34. The lowest BCUT2D eigenvalue weighted by Gasteiger charge is -2.59. The first kappa shape index (κ1) is 19.3. The minimum atomic E-state index is -1.40. The van der Waals surface area contributed by atoms with Crippen LogP contribution in [0.5, 0.6) is 0 Å². The van der Waals surface area contributed by atoms with Crippen LogP contribution in [0.4, 0.5) is 11.4 Å². The molecular weight excluding hydrogens is 382 g/mol. The van der Waals surface area contributed by atoms with Gasteiger partial charge in [-0.25, -0.2) is 0 Å². The van der Waals surface area contributed by atoms with Crippen LogP contribution >= 0.6 is 0 Å². The fourth-order valence-electron chi connectivity index (χ4n) is 6.18. The molecule has 1 N–H and O–H groups in total. The van der Waals surface area contributed by atoms with E-state index in [0.29, 0.717) is 43.1 Å². The molecular formula is C19H20N3O7-. The summed E-state index contributed by atoms with van der Waals surface area (Å²) < 4.78 is 0. The molecule has 1 aromatic carbocycles. The topological polar surface area (TPSA) is 156 Å². The smallest absolute Gasteiger partial charge is 0.289 e. The van der Waals surface area contributed by atoms with E-state index < -0.39 is 50.1 Å². The number of carboxylic acid groups (broad SMARTS) is 1. The summed E-state index contributed by atoms with van der Waals surface area (Å²) in [5.74, 6) is -1.02. The molecule has 4 bridgehead atoms. The van der Waals surface area contributed by atoms with E-state index >= 15 is 0 Å². The molecule has 4 saturated carbocycles. The molecule has 0 saturated heterocycles. The van der Waals surface area contributed by atoms with Gasteiger partial charge in [0, 0.05) is 6.07 Å². The van der Waals surface area contributed by atoms with Gasteiger partial charge in [-0.3, -0.25) is 25.0 Å². The van der Waals surface area contributed by atoms with Gasteiger partial charge < -0.3 is 15.2 Å². The first-order valence-corrected chi connectivity index (χ1v) is 9.63. The number of carboxylic acids is 1. The maximum absolute atomic E-state index is 12.8. The Balaban J connectivity index is 1.63. The molecule has 0 aliphatic heterocycles. The standard InChI is InChI=1S/C19H21N3O7/c23-17(14-2-1-13(21(26)27)6-15(14)22(28)29)20-16(18(24)25)19-7-10-3-11(8-19)5-12(4-10)9-19/h1-2,6,10-12,16H,3-5,7-9H2,(H,20,23)(H,24,25)/p-1/t10?,11?,12?,16-,19?/m0/s1. The molecule has 29 heavy (non-hydrogen) atoms. The summed E-state index contributed by atoms with van der Waals surface area (Å²) in [7, 11) is 0. The maximum atomic E-state index is 12.8. The van der Waals surface area contributed by atoms with E-state index in [2.05, 4.69) is 5.32 Å². The van der Waals surface area contributed by atoms with Crippen molar-refractivity contribution in [1.29, 1.82) is 0 Å². The van der Waals surface area contributed by atoms with Crippen molar-refractivity contribution in [1.82, 2.24) is 5.32 Å². The lowest BCUT2D eigenvalue weighted by atomic mass is 9.47. The zero-order chi connectivity index (χ0) is 20.9. The van der Waals surface area contributed by atoms with Crippen molar-refractivity contribution in [3.8, 4) is 0 Å². The minimum absolute atomic E-state index is 0.406. The first-order valence-electron chi connectivity index (χ1n) is 9.63. The number of nitrogens with one attached hydrogen (secondary N) is 1. The van der Waals surface area contributed by atoms with E-state index in [1.165, 1.54) is 0 Å². The summed E-state index contributed by atoms with van der Waals surface area (Å²) in [4.78, 5) is 45.3. The number of carbonyl (C=O) groups is 2. The number of benzene rings is 1.